The topological polar surface area (TPSA) is 64.3 Å². The lowest BCUT2D eigenvalue weighted by atomic mass is 10.1. The summed E-state index contributed by atoms with van der Waals surface area (Å²) in [6, 6.07) is 0. The average molecular weight is 272 g/mol. The minimum Gasteiger partial charge on any atom is -0.450 e. The van der Waals surface area contributed by atoms with Gasteiger partial charge in [0.2, 0.25) is 0 Å². The Balaban J connectivity index is 3.01. The SMILES string of the molecule is CCOC(=O)NCCCCCCCCCCCCN. The highest BCUT2D eigenvalue weighted by Gasteiger charge is 1.98. The Morgan fingerprint density at radius 2 is 1.37 bits per heavy atom. The first-order chi connectivity index (χ1) is 9.31. The summed E-state index contributed by atoms with van der Waals surface area (Å²) in [5.41, 5.74) is 5.45. The molecule has 4 heteroatoms. The van der Waals surface area contributed by atoms with E-state index in [2.05, 4.69) is 5.32 Å². The second kappa shape index (κ2) is 15.3. The largest absolute Gasteiger partial charge is 0.450 e. The molecule has 4 nitrogen and oxygen atoms in total. The predicted molar refractivity (Wildman–Crippen MR) is 80.2 cm³/mol. The first kappa shape index (κ1) is 18.2. The van der Waals surface area contributed by atoms with Gasteiger partial charge in [-0.2, -0.15) is 0 Å². The molecule has 114 valence electrons. The van der Waals surface area contributed by atoms with E-state index in [0.29, 0.717) is 6.61 Å². The summed E-state index contributed by atoms with van der Waals surface area (Å²) in [6.07, 6.45) is 12.4. The van der Waals surface area contributed by atoms with Gasteiger partial charge in [0.25, 0.3) is 0 Å². The molecule has 1 amide bonds. The monoisotopic (exact) mass is 272 g/mol. The van der Waals surface area contributed by atoms with Crippen molar-refractivity contribution in [3.05, 3.63) is 0 Å². The van der Waals surface area contributed by atoms with Crippen molar-refractivity contribution in [3.63, 3.8) is 0 Å². The summed E-state index contributed by atoms with van der Waals surface area (Å²) in [4.78, 5) is 11.0. The Hall–Kier alpha value is -0.770. The van der Waals surface area contributed by atoms with Crippen molar-refractivity contribution in [2.45, 2.75) is 71.1 Å². The van der Waals surface area contributed by atoms with Gasteiger partial charge in [0, 0.05) is 6.54 Å². The predicted octanol–water partition coefficient (Wildman–Crippen LogP) is 3.59. The molecule has 3 N–H and O–H groups in total. The number of rotatable bonds is 13. The highest BCUT2D eigenvalue weighted by atomic mass is 16.5. The van der Waals surface area contributed by atoms with E-state index < -0.39 is 0 Å². The Morgan fingerprint density at radius 1 is 0.895 bits per heavy atom. The number of nitrogens with one attached hydrogen (secondary N) is 1. The van der Waals surface area contributed by atoms with E-state index in [1.165, 1.54) is 57.8 Å². The number of hydrogen-bond donors (Lipinski definition) is 2. The molecule has 0 heterocycles. The molecule has 0 saturated heterocycles. The minimum atomic E-state index is -0.292. The number of amides is 1. The van der Waals surface area contributed by atoms with Crippen LogP contribution in [0.25, 0.3) is 0 Å². The molecule has 0 fully saturated rings. The highest BCUT2D eigenvalue weighted by molar-refractivity contribution is 5.66. The van der Waals surface area contributed by atoms with Crippen LogP contribution >= 0.6 is 0 Å². The molecule has 0 aliphatic heterocycles. The van der Waals surface area contributed by atoms with Gasteiger partial charge in [0.15, 0.2) is 0 Å². The van der Waals surface area contributed by atoms with Crippen LogP contribution in [0, 0.1) is 0 Å². The third-order valence-electron chi connectivity index (χ3n) is 3.18. The van der Waals surface area contributed by atoms with Crippen molar-refractivity contribution in [2.24, 2.45) is 5.73 Å². The first-order valence-electron chi connectivity index (χ1n) is 7.92. The summed E-state index contributed by atoms with van der Waals surface area (Å²) >= 11 is 0. The number of hydrogen-bond acceptors (Lipinski definition) is 3. The molecule has 0 aromatic heterocycles. The Kier molecular flexibility index (Phi) is 14.7. The number of alkyl carbamates (subject to hydrolysis) is 1. The van der Waals surface area contributed by atoms with Gasteiger partial charge >= 0.3 is 6.09 Å². The van der Waals surface area contributed by atoms with Crippen molar-refractivity contribution >= 4 is 6.09 Å². The Bertz CT molecular complexity index is 199. The van der Waals surface area contributed by atoms with Crippen molar-refractivity contribution in [2.75, 3.05) is 19.7 Å². The van der Waals surface area contributed by atoms with Crippen LogP contribution in [-0.2, 0) is 4.74 Å². The van der Waals surface area contributed by atoms with Gasteiger partial charge < -0.3 is 15.8 Å². The summed E-state index contributed by atoms with van der Waals surface area (Å²) in [7, 11) is 0. The molecule has 19 heavy (non-hydrogen) atoms. The average Bonchev–Trinajstić information content (AvgIpc) is 2.40. The maximum absolute atomic E-state index is 11.0. The third-order valence-corrected chi connectivity index (χ3v) is 3.18. The molecule has 0 aliphatic carbocycles. The normalized spacial score (nSPS) is 10.4. The maximum atomic E-state index is 11.0. The fraction of sp³-hybridized carbons (Fsp3) is 0.933. The fourth-order valence-corrected chi connectivity index (χ4v) is 2.06. The highest BCUT2D eigenvalue weighted by Crippen LogP contribution is 2.10. The zero-order valence-electron chi connectivity index (χ0n) is 12.6. The summed E-state index contributed by atoms with van der Waals surface area (Å²) < 4.78 is 4.78. The van der Waals surface area contributed by atoms with E-state index in [-0.39, 0.29) is 6.09 Å². The Morgan fingerprint density at radius 3 is 1.84 bits per heavy atom. The van der Waals surface area contributed by atoms with Crippen molar-refractivity contribution in [3.8, 4) is 0 Å². The smallest absolute Gasteiger partial charge is 0.407 e. The molecule has 0 saturated carbocycles. The number of carbonyl (C=O) groups excluding carboxylic acids is 1. The number of ether oxygens (including phenoxy) is 1. The quantitative estimate of drug-likeness (QED) is 0.504. The molecule has 0 atom stereocenters. The zero-order chi connectivity index (χ0) is 14.2. The summed E-state index contributed by atoms with van der Waals surface area (Å²) in [6.45, 7) is 3.82. The number of unbranched alkanes of at least 4 members (excludes halogenated alkanes) is 9. The van der Waals surface area contributed by atoms with Gasteiger partial charge in [-0.25, -0.2) is 4.79 Å². The van der Waals surface area contributed by atoms with Crippen LogP contribution < -0.4 is 11.1 Å². The van der Waals surface area contributed by atoms with Crippen LogP contribution in [0.15, 0.2) is 0 Å². The lowest BCUT2D eigenvalue weighted by Crippen LogP contribution is -2.25. The van der Waals surface area contributed by atoms with Crippen LogP contribution in [0.2, 0.25) is 0 Å². The van der Waals surface area contributed by atoms with Crippen LogP contribution in [-0.4, -0.2) is 25.8 Å². The van der Waals surface area contributed by atoms with Crippen LogP contribution in [0.3, 0.4) is 0 Å². The second-order valence-electron chi connectivity index (χ2n) is 4.97. The molecule has 0 bridgehead atoms. The van der Waals surface area contributed by atoms with E-state index >= 15 is 0 Å². The van der Waals surface area contributed by atoms with Crippen LogP contribution in [0.1, 0.15) is 71.1 Å². The molecule has 0 aromatic rings. The van der Waals surface area contributed by atoms with Crippen molar-refractivity contribution < 1.29 is 9.53 Å². The summed E-state index contributed by atoms with van der Waals surface area (Å²) in [5.74, 6) is 0. The standard InChI is InChI=1S/C15H32N2O2/c1-2-19-15(18)17-14-12-10-8-6-4-3-5-7-9-11-13-16/h2-14,16H2,1H3,(H,17,18). The molecule has 0 unspecified atom stereocenters. The molecule has 0 radical (unpaired) electrons. The van der Waals surface area contributed by atoms with E-state index in [0.717, 1.165) is 19.5 Å². The van der Waals surface area contributed by atoms with Gasteiger partial charge in [-0.3, -0.25) is 0 Å². The van der Waals surface area contributed by atoms with Gasteiger partial charge in [0.05, 0.1) is 6.61 Å². The van der Waals surface area contributed by atoms with Gasteiger partial charge in [-0.15, -0.1) is 0 Å². The van der Waals surface area contributed by atoms with E-state index in [1.807, 2.05) is 6.92 Å². The lowest BCUT2D eigenvalue weighted by Gasteiger charge is -2.05. The molecule has 0 spiro atoms. The van der Waals surface area contributed by atoms with Gasteiger partial charge in [-0.1, -0.05) is 51.4 Å². The van der Waals surface area contributed by atoms with Crippen molar-refractivity contribution in [1.82, 2.24) is 5.32 Å². The molecular formula is C15H32N2O2. The van der Waals surface area contributed by atoms with E-state index in [1.54, 1.807) is 0 Å². The molecular weight excluding hydrogens is 240 g/mol. The van der Waals surface area contributed by atoms with E-state index in [4.69, 9.17) is 10.5 Å². The van der Waals surface area contributed by atoms with E-state index in [9.17, 15) is 4.79 Å². The zero-order valence-corrected chi connectivity index (χ0v) is 12.6. The lowest BCUT2D eigenvalue weighted by molar-refractivity contribution is 0.152. The van der Waals surface area contributed by atoms with Gasteiger partial charge in [-0.05, 0) is 26.3 Å². The molecule has 0 aromatic carbocycles. The van der Waals surface area contributed by atoms with Crippen molar-refractivity contribution in [1.29, 1.82) is 0 Å². The first-order valence-corrected chi connectivity index (χ1v) is 7.92. The number of nitrogens with two attached hydrogens (primary N) is 1. The fourth-order valence-electron chi connectivity index (χ4n) is 2.06. The maximum Gasteiger partial charge on any atom is 0.407 e. The summed E-state index contributed by atoms with van der Waals surface area (Å²) in [5, 5.41) is 2.74. The van der Waals surface area contributed by atoms with Crippen LogP contribution in [0.5, 0.6) is 0 Å². The van der Waals surface area contributed by atoms with Crippen LogP contribution in [0.4, 0.5) is 4.79 Å². The third kappa shape index (κ3) is 15.2. The van der Waals surface area contributed by atoms with Gasteiger partial charge in [0.1, 0.15) is 0 Å². The minimum absolute atomic E-state index is 0.292. The second-order valence-corrected chi connectivity index (χ2v) is 4.97. The number of carbonyl (C=O) groups is 1. The molecule has 0 aliphatic rings. The Labute approximate surface area is 118 Å². The molecule has 0 rings (SSSR count).